The third-order valence-corrected chi connectivity index (χ3v) is 7.69. The monoisotopic (exact) mass is 389 g/mol. The van der Waals surface area contributed by atoms with Crippen molar-refractivity contribution in [2.24, 2.45) is 11.3 Å². The molecule has 2 aromatic heterocycles. The molecule has 1 aliphatic rings. The highest BCUT2D eigenvalue weighted by molar-refractivity contribution is 7.18. The first kappa shape index (κ1) is 20.1. The van der Waals surface area contributed by atoms with Crippen molar-refractivity contribution >= 4 is 27.5 Å². The van der Waals surface area contributed by atoms with Crippen LogP contribution in [0.25, 0.3) is 10.2 Å². The van der Waals surface area contributed by atoms with Crippen LogP contribution in [-0.2, 0) is 11.3 Å². The fraction of sp³-hybridized carbons (Fsp3) is 0.667. The van der Waals surface area contributed by atoms with Crippen LogP contribution in [0, 0.1) is 25.2 Å². The van der Waals surface area contributed by atoms with Crippen LogP contribution in [0.2, 0.25) is 0 Å². The topological polar surface area (TPSA) is 64.0 Å². The molecule has 27 heavy (non-hydrogen) atoms. The maximum atomic E-state index is 12.7. The van der Waals surface area contributed by atoms with Crippen molar-refractivity contribution in [1.29, 1.82) is 0 Å². The van der Waals surface area contributed by atoms with Gasteiger partial charge in [0.1, 0.15) is 11.4 Å². The van der Waals surface area contributed by atoms with E-state index in [1.807, 2.05) is 13.8 Å². The van der Waals surface area contributed by atoms with Gasteiger partial charge in [-0.3, -0.25) is 14.2 Å². The Morgan fingerprint density at radius 2 is 1.96 bits per heavy atom. The molecule has 6 heteroatoms. The summed E-state index contributed by atoms with van der Waals surface area (Å²) in [5.74, 6) is 0.635. The third kappa shape index (κ3) is 4.10. The summed E-state index contributed by atoms with van der Waals surface area (Å²) in [6, 6.07) is 0.221. The summed E-state index contributed by atoms with van der Waals surface area (Å²) in [4.78, 5) is 31.4. The molecule has 1 amide bonds. The van der Waals surface area contributed by atoms with Crippen LogP contribution in [0.4, 0.5) is 0 Å². The van der Waals surface area contributed by atoms with E-state index >= 15 is 0 Å². The molecular formula is C21H31N3O2S. The van der Waals surface area contributed by atoms with Gasteiger partial charge >= 0.3 is 0 Å². The zero-order valence-electron chi connectivity index (χ0n) is 17.1. The van der Waals surface area contributed by atoms with E-state index in [0.29, 0.717) is 10.8 Å². The van der Waals surface area contributed by atoms with E-state index < -0.39 is 0 Å². The lowest BCUT2D eigenvalue weighted by molar-refractivity contribution is -0.122. The second-order valence-electron chi connectivity index (χ2n) is 8.60. The van der Waals surface area contributed by atoms with Crippen molar-refractivity contribution < 1.29 is 4.79 Å². The smallest absolute Gasteiger partial charge is 0.262 e. The average molecular weight is 390 g/mol. The van der Waals surface area contributed by atoms with Crippen LogP contribution < -0.4 is 10.9 Å². The van der Waals surface area contributed by atoms with Gasteiger partial charge in [-0.2, -0.15) is 0 Å². The molecule has 0 unspecified atom stereocenters. The first-order chi connectivity index (χ1) is 12.7. The molecule has 0 aliphatic heterocycles. The molecule has 2 aromatic rings. The quantitative estimate of drug-likeness (QED) is 0.834. The fourth-order valence-electron chi connectivity index (χ4n) is 4.12. The molecule has 1 aliphatic carbocycles. The largest absolute Gasteiger partial charge is 0.352 e. The highest BCUT2D eigenvalue weighted by atomic mass is 32.1. The van der Waals surface area contributed by atoms with Crippen LogP contribution in [0.3, 0.4) is 0 Å². The maximum absolute atomic E-state index is 12.7. The minimum Gasteiger partial charge on any atom is -0.352 e. The number of aryl methyl sites for hydroxylation is 2. The number of thiophene rings is 1. The SMILES string of the molecule is CCC(C)(C)C1CCC(NC(=O)Cn2cnc3sc(C)c(C)c3c2=O)CC1. The van der Waals surface area contributed by atoms with Crippen molar-refractivity contribution in [2.75, 3.05) is 0 Å². The summed E-state index contributed by atoms with van der Waals surface area (Å²) in [6.45, 7) is 10.9. The van der Waals surface area contributed by atoms with Gasteiger partial charge in [-0.1, -0.05) is 27.2 Å². The molecule has 0 saturated heterocycles. The Hall–Kier alpha value is -1.69. The summed E-state index contributed by atoms with van der Waals surface area (Å²) in [7, 11) is 0. The number of carbonyl (C=O) groups is 1. The molecular weight excluding hydrogens is 358 g/mol. The van der Waals surface area contributed by atoms with E-state index in [1.54, 1.807) is 0 Å². The molecule has 0 aromatic carbocycles. The number of aromatic nitrogens is 2. The Labute approximate surface area is 165 Å². The molecule has 0 spiro atoms. The minimum absolute atomic E-state index is 0.0382. The van der Waals surface area contributed by atoms with Gasteiger partial charge in [-0.15, -0.1) is 11.3 Å². The molecule has 1 fully saturated rings. The summed E-state index contributed by atoms with van der Waals surface area (Å²) in [5.41, 5.74) is 1.23. The highest BCUT2D eigenvalue weighted by Crippen LogP contribution is 2.40. The standard InChI is InChI=1S/C21H31N3O2S/c1-6-21(4,5)15-7-9-16(10-8-15)23-17(25)11-24-12-22-19-18(20(24)26)13(2)14(3)27-19/h12,15-16H,6-11H2,1-5H3,(H,23,25). The van der Waals surface area contributed by atoms with Crippen LogP contribution in [0.5, 0.6) is 0 Å². The number of amides is 1. The molecule has 0 radical (unpaired) electrons. The predicted molar refractivity (Wildman–Crippen MR) is 111 cm³/mol. The Balaban J connectivity index is 1.62. The van der Waals surface area contributed by atoms with E-state index in [9.17, 15) is 9.59 Å². The number of nitrogens with one attached hydrogen (secondary N) is 1. The second-order valence-corrected chi connectivity index (χ2v) is 9.80. The van der Waals surface area contributed by atoms with Gasteiger partial charge in [0.05, 0.1) is 11.7 Å². The number of hydrogen-bond acceptors (Lipinski definition) is 4. The molecule has 1 N–H and O–H groups in total. The van der Waals surface area contributed by atoms with Gasteiger partial charge in [-0.25, -0.2) is 4.98 Å². The molecule has 0 bridgehead atoms. The van der Waals surface area contributed by atoms with Crippen LogP contribution in [0.15, 0.2) is 11.1 Å². The van der Waals surface area contributed by atoms with Crippen molar-refractivity contribution in [3.05, 3.63) is 27.1 Å². The van der Waals surface area contributed by atoms with E-state index in [1.165, 1.54) is 28.7 Å². The molecule has 1 saturated carbocycles. The van der Waals surface area contributed by atoms with Gasteiger partial charge in [0.25, 0.3) is 5.56 Å². The lowest BCUT2D eigenvalue weighted by atomic mass is 9.69. The number of nitrogens with zero attached hydrogens (tertiary/aromatic N) is 2. The first-order valence-corrected chi connectivity index (χ1v) is 10.8. The van der Waals surface area contributed by atoms with E-state index in [2.05, 4.69) is 31.1 Å². The Kier molecular flexibility index (Phi) is 5.75. The molecule has 3 rings (SSSR count). The van der Waals surface area contributed by atoms with Crippen molar-refractivity contribution in [1.82, 2.24) is 14.9 Å². The number of carbonyl (C=O) groups excluding carboxylic acids is 1. The normalized spacial score (nSPS) is 20.8. The van der Waals surface area contributed by atoms with E-state index in [-0.39, 0.29) is 24.1 Å². The van der Waals surface area contributed by atoms with Gasteiger partial charge in [0.15, 0.2) is 0 Å². The Morgan fingerprint density at radius 3 is 2.59 bits per heavy atom. The first-order valence-electron chi connectivity index (χ1n) is 9.97. The Bertz CT molecular complexity index is 889. The molecule has 0 atom stereocenters. The minimum atomic E-state index is -0.120. The molecule has 148 valence electrons. The van der Waals surface area contributed by atoms with Crippen molar-refractivity contribution in [3.63, 3.8) is 0 Å². The third-order valence-electron chi connectivity index (χ3n) is 6.58. The Morgan fingerprint density at radius 1 is 1.30 bits per heavy atom. The molecule has 2 heterocycles. The van der Waals surface area contributed by atoms with Crippen molar-refractivity contribution in [2.45, 2.75) is 79.3 Å². The maximum Gasteiger partial charge on any atom is 0.262 e. The number of rotatable bonds is 5. The molecule has 5 nitrogen and oxygen atoms in total. The van der Waals surface area contributed by atoms with Crippen LogP contribution in [-0.4, -0.2) is 21.5 Å². The van der Waals surface area contributed by atoms with Gasteiger partial charge in [-0.05, 0) is 56.4 Å². The van der Waals surface area contributed by atoms with Crippen LogP contribution in [0.1, 0.15) is 63.3 Å². The zero-order valence-corrected chi connectivity index (χ0v) is 17.9. The summed E-state index contributed by atoms with van der Waals surface area (Å²) >= 11 is 1.53. The summed E-state index contributed by atoms with van der Waals surface area (Å²) in [6.07, 6.45) is 7.05. The van der Waals surface area contributed by atoms with E-state index in [0.717, 1.165) is 46.9 Å². The van der Waals surface area contributed by atoms with Gasteiger partial charge in [0, 0.05) is 10.9 Å². The van der Waals surface area contributed by atoms with Crippen LogP contribution >= 0.6 is 11.3 Å². The number of hydrogen-bond donors (Lipinski definition) is 1. The van der Waals surface area contributed by atoms with Crippen molar-refractivity contribution in [3.8, 4) is 0 Å². The average Bonchev–Trinajstić information content (AvgIpc) is 2.93. The highest BCUT2D eigenvalue weighted by Gasteiger charge is 2.32. The fourth-order valence-corrected chi connectivity index (χ4v) is 5.11. The second kappa shape index (κ2) is 7.74. The lowest BCUT2D eigenvalue weighted by Crippen LogP contribution is -2.42. The predicted octanol–water partition coefficient (Wildman–Crippen LogP) is 4.19. The van der Waals surface area contributed by atoms with Gasteiger partial charge < -0.3 is 5.32 Å². The van der Waals surface area contributed by atoms with E-state index in [4.69, 9.17) is 0 Å². The number of fused-ring (bicyclic) bond motifs is 1. The summed E-state index contributed by atoms with van der Waals surface area (Å²) < 4.78 is 1.43. The van der Waals surface area contributed by atoms with Gasteiger partial charge in [0.2, 0.25) is 5.91 Å². The zero-order chi connectivity index (χ0) is 19.8. The summed E-state index contributed by atoms with van der Waals surface area (Å²) in [5, 5.41) is 3.78. The lowest BCUT2D eigenvalue weighted by Gasteiger charge is -2.39.